The molecule has 0 aliphatic rings. The minimum atomic E-state index is 1.01. The predicted octanol–water partition coefficient (Wildman–Crippen LogP) is 3.32. The van der Waals surface area contributed by atoms with Crippen LogP contribution in [-0.4, -0.2) is 9.55 Å². The first-order chi connectivity index (χ1) is 7.26. The summed E-state index contributed by atoms with van der Waals surface area (Å²) in [6.45, 7) is 7.58. The summed E-state index contributed by atoms with van der Waals surface area (Å²) in [5.74, 6) is 1.21. The molecule has 0 N–H and O–H groups in total. The third-order valence-corrected chi connectivity index (χ3v) is 2.75. The topological polar surface area (TPSA) is 17.8 Å². The maximum Gasteiger partial charge on any atom is 0.109 e. The van der Waals surface area contributed by atoms with Crippen molar-refractivity contribution in [3.63, 3.8) is 0 Å². The van der Waals surface area contributed by atoms with Crippen molar-refractivity contribution >= 4 is 11.0 Å². The second kappa shape index (κ2) is 4.05. The van der Waals surface area contributed by atoms with E-state index in [0.29, 0.717) is 0 Å². The second-order valence-electron chi connectivity index (χ2n) is 4.03. The summed E-state index contributed by atoms with van der Waals surface area (Å²) in [6.07, 6.45) is 2.17. The largest absolute Gasteiger partial charge is 0.328 e. The van der Waals surface area contributed by atoms with E-state index in [4.69, 9.17) is 0 Å². The summed E-state index contributed by atoms with van der Waals surface area (Å²) in [6, 6.07) is 6.48. The molecule has 80 valence electrons. The van der Waals surface area contributed by atoms with E-state index in [1.807, 2.05) is 0 Å². The van der Waals surface area contributed by atoms with Crippen molar-refractivity contribution in [2.24, 2.45) is 0 Å². The summed E-state index contributed by atoms with van der Waals surface area (Å²) < 4.78 is 2.35. The molecular formula is C13H18N2. The molecule has 2 nitrogen and oxygen atoms in total. The van der Waals surface area contributed by atoms with Crippen LogP contribution < -0.4 is 0 Å². The fourth-order valence-corrected chi connectivity index (χ4v) is 2.03. The average molecular weight is 202 g/mol. The lowest BCUT2D eigenvalue weighted by Crippen LogP contribution is -2.01. The van der Waals surface area contributed by atoms with Crippen molar-refractivity contribution in [1.82, 2.24) is 9.55 Å². The van der Waals surface area contributed by atoms with Crippen LogP contribution >= 0.6 is 0 Å². The molecule has 1 aromatic carbocycles. The highest BCUT2D eigenvalue weighted by molar-refractivity contribution is 5.76. The second-order valence-corrected chi connectivity index (χ2v) is 4.03. The lowest BCUT2D eigenvalue weighted by Gasteiger charge is -2.05. The van der Waals surface area contributed by atoms with E-state index in [2.05, 4.69) is 48.5 Å². The third kappa shape index (κ3) is 1.76. The molecule has 0 atom stereocenters. The molecule has 0 aliphatic heterocycles. The van der Waals surface area contributed by atoms with E-state index < -0.39 is 0 Å². The summed E-state index contributed by atoms with van der Waals surface area (Å²) in [5.41, 5.74) is 3.72. The Bertz CT molecular complexity index is 469. The van der Waals surface area contributed by atoms with Crippen molar-refractivity contribution < 1.29 is 0 Å². The van der Waals surface area contributed by atoms with Crippen molar-refractivity contribution in [1.29, 1.82) is 0 Å². The van der Waals surface area contributed by atoms with E-state index in [9.17, 15) is 0 Å². The molecule has 0 fully saturated rings. The fourth-order valence-electron chi connectivity index (χ4n) is 2.03. The van der Waals surface area contributed by atoms with E-state index in [1.165, 1.54) is 16.9 Å². The number of benzene rings is 1. The van der Waals surface area contributed by atoms with Gasteiger partial charge in [-0.05, 0) is 31.0 Å². The van der Waals surface area contributed by atoms with Gasteiger partial charge in [-0.3, -0.25) is 0 Å². The van der Waals surface area contributed by atoms with Crippen LogP contribution in [-0.2, 0) is 13.0 Å². The minimum absolute atomic E-state index is 1.01. The van der Waals surface area contributed by atoms with Gasteiger partial charge in [0.1, 0.15) is 5.82 Å². The number of hydrogen-bond donors (Lipinski definition) is 0. The number of aromatic nitrogens is 2. The summed E-state index contributed by atoms with van der Waals surface area (Å²) >= 11 is 0. The number of nitrogens with zero attached hydrogens (tertiary/aromatic N) is 2. The van der Waals surface area contributed by atoms with Gasteiger partial charge in [-0.1, -0.05) is 19.9 Å². The number of imidazole rings is 1. The Morgan fingerprint density at radius 3 is 2.73 bits per heavy atom. The van der Waals surface area contributed by atoms with Crippen molar-refractivity contribution in [2.75, 3.05) is 0 Å². The normalized spacial score (nSPS) is 11.1. The summed E-state index contributed by atoms with van der Waals surface area (Å²) in [7, 11) is 0. The molecule has 0 bridgehead atoms. The molecule has 0 radical (unpaired) electrons. The molecule has 1 aromatic heterocycles. The van der Waals surface area contributed by atoms with Gasteiger partial charge in [0.05, 0.1) is 11.0 Å². The van der Waals surface area contributed by atoms with Gasteiger partial charge in [-0.25, -0.2) is 4.98 Å². The van der Waals surface area contributed by atoms with Gasteiger partial charge >= 0.3 is 0 Å². The van der Waals surface area contributed by atoms with Crippen LogP contribution in [0.2, 0.25) is 0 Å². The lowest BCUT2D eigenvalue weighted by molar-refractivity contribution is 0.659. The van der Waals surface area contributed by atoms with E-state index in [1.54, 1.807) is 0 Å². The zero-order valence-electron chi connectivity index (χ0n) is 9.75. The Kier molecular flexibility index (Phi) is 2.76. The van der Waals surface area contributed by atoms with E-state index in [-0.39, 0.29) is 0 Å². The van der Waals surface area contributed by atoms with Gasteiger partial charge < -0.3 is 4.57 Å². The highest BCUT2D eigenvalue weighted by atomic mass is 15.1. The molecule has 0 saturated carbocycles. The molecular weight excluding hydrogens is 184 g/mol. The van der Waals surface area contributed by atoms with Crippen LogP contribution in [0.25, 0.3) is 11.0 Å². The molecule has 0 unspecified atom stereocenters. The van der Waals surface area contributed by atoms with Gasteiger partial charge in [0, 0.05) is 13.0 Å². The van der Waals surface area contributed by atoms with Crippen LogP contribution in [0.4, 0.5) is 0 Å². The van der Waals surface area contributed by atoms with Crippen LogP contribution in [0.1, 0.15) is 31.7 Å². The van der Waals surface area contributed by atoms with E-state index >= 15 is 0 Å². The zero-order valence-corrected chi connectivity index (χ0v) is 9.75. The van der Waals surface area contributed by atoms with Gasteiger partial charge in [-0.2, -0.15) is 0 Å². The number of fused-ring (bicyclic) bond motifs is 1. The first-order valence-electron chi connectivity index (χ1n) is 5.72. The number of aryl methyl sites for hydroxylation is 3. The molecule has 15 heavy (non-hydrogen) atoms. The summed E-state index contributed by atoms with van der Waals surface area (Å²) in [4.78, 5) is 4.65. The molecule has 1 heterocycles. The highest BCUT2D eigenvalue weighted by Crippen LogP contribution is 2.18. The monoisotopic (exact) mass is 202 g/mol. The Balaban J connectivity index is 2.65. The lowest BCUT2D eigenvalue weighted by atomic mass is 10.2. The van der Waals surface area contributed by atoms with Gasteiger partial charge in [0.15, 0.2) is 0 Å². The Labute approximate surface area is 90.9 Å². The molecule has 0 saturated heterocycles. The zero-order chi connectivity index (χ0) is 10.8. The first kappa shape index (κ1) is 10.2. The smallest absolute Gasteiger partial charge is 0.109 e. The van der Waals surface area contributed by atoms with Crippen LogP contribution in [0.15, 0.2) is 18.2 Å². The standard InChI is InChI=1S/C13H18N2/c1-4-8-15-12-9-10(3)6-7-11(12)14-13(15)5-2/h6-7,9H,4-5,8H2,1-3H3. The SMILES string of the molecule is CCCn1c(CC)nc2ccc(C)cc21. The van der Waals surface area contributed by atoms with Crippen LogP contribution in [0.5, 0.6) is 0 Å². The fraction of sp³-hybridized carbons (Fsp3) is 0.462. The van der Waals surface area contributed by atoms with Gasteiger partial charge in [0.2, 0.25) is 0 Å². The molecule has 0 aliphatic carbocycles. The number of hydrogen-bond acceptors (Lipinski definition) is 1. The van der Waals surface area contributed by atoms with Gasteiger partial charge in [-0.15, -0.1) is 0 Å². The predicted molar refractivity (Wildman–Crippen MR) is 64.1 cm³/mol. The third-order valence-electron chi connectivity index (χ3n) is 2.75. The highest BCUT2D eigenvalue weighted by Gasteiger charge is 2.07. The summed E-state index contributed by atoms with van der Waals surface area (Å²) in [5, 5.41) is 0. The Morgan fingerprint density at radius 1 is 1.27 bits per heavy atom. The molecule has 2 rings (SSSR count). The first-order valence-corrected chi connectivity index (χ1v) is 5.72. The molecule has 2 heteroatoms. The molecule has 2 aromatic rings. The maximum absolute atomic E-state index is 4.65. The van der Waals surface area contributed by atoms with Crippen molar-refractivity contribution in [2.45, 2.75) is 40.2 Å². The van der Waals surface area contributed by atoms with Crippen molar-refractivity contribution in [3.05, 3.63) is 29.6 Å². The average Bonchev–Trinajstić information content (AvgIpc) is 2.57. The maximum atomic E-state index is 4.65. The van der Waals surface area contributed by atoms with E-state index in [0.717, 1.165) is 24.9 Å². The minimum Gasteiger partial charge on any atom is -0.328 e. The van der Waals surface area contributed by atoms with Crippen LogP contribution in [0, 0.1) is 6.92 Å². The molecule has 0 spiro atoms. The van der Waals surface area contributed by atoms with Crippen molar-refractivity contribution in [3.8, 4) is 0 Å². The van der Waals surface area contributed by atoms with Gasteiger partial charge in [0.25, 0.3) is 0 Å². The van der Waals surface area contributed by atoms with Crippen LogP contribution in [0.3, 0.4) is 0 Å². The Hall–Kier alpha value is -1.31. The Morgan fingerprint density at radius 2 is 2.07 bits per heavy atom. The quantitative estimate of drug-likeness (QED) is 0.746. The molecule has 0 amide bonds. The number of rotatable bonds is 3.